The van der Waals surface area contributed by atoms with Gasteiger partial charge in [0, 0.05) is 11.4 Å². The number of anilines is 1. The van der Waals surface area contributed by atoms with Gasteiger partial charge in [-0.05, 0) is 43.5 Å². The van der Waals surface area contributed by atoms with Gasteiger partial charge in [-0.15, -0.1) is 11.3 Å². The molecule has 1 atom stereocenters. The quantitative estimate of drug-likeness (QED) is 0.750. The first-order chi connectivity index (χ1) is 13.0. The number of nitrogens with one attached hydrogen (secondary N) is 1. The van der Waals surface area contributed by atoms with E-state index in [1.807, 2.05) is 16.3 Å². The highest BCUT2D eigenvalue weighted by Crippen LogP contribution is 2.34. The van der Waals surface area contributed by atoms with E-state index in [9.17, 15) is 9.59 Å². The van der Waals surface area contributed by atoms with Crippen LogP contribution < -0.4 is 5.32 Å². The van der Waals surface area contributed by atoms with Crippen LogP contribution in [0.15, 0.2) is 35.7 Å². The Bertz CT molecular complexity index is 793. The van der Waals surface area contributed by atoms with E-state index in [2.05, 4.69) is 11.4 Å². The molecule has 3 rings (SSSR count). The minimum Gasteiger partial charge on any atom is -0.334 e. The van der Waals surface area contributed by atoms with Crippen LogP contribution >= 0.6 is 34.5 Å². The molecular weight excluding hydrogens is 405 g/mol. The van der Waals surface area contributed by atoms with Crippen molar-refractivity contribution in [3.8, 4) is 0 Å². The molecule has 1 aromatic carbocycles. The van der Waals surface area contributed by atoms with Gasteiger partial charge in [0.15, 0.2) is 0 Å². The summed E-state index contributed by atoms with van der Waals surface area (Å²) in [5, 5.41) is 5.51. The molecule has 0 bridgehead atoms. The molecule has 1 fully saturated rings. The summed E-state index contributed by atoms with van der Waals surface area (Å²) in [6.45, 7) is 1.02. The van der Waals surface area contributed by atoms with E-state index in [1.165, 1.54) is 4.88 Å². The van der Waals surface area contributed by atoms with Crippen LogP contribution in [-0.4, -0.2) is 48.3 Å². The molecule has 8 heteroatoms. The van der Waals surface area contributed by atoms with Crippen LogP contribution in [0.3, 0.4) is 0 Å². The molecule has 144 valence electrons. The normalized spacial score (nSPS) is 16.7. The maximum atomic E-state index is 12.7. The zero-order valence-corrected chi connectivity index (χ0v) is 17.3. The van der Waals surface area contributed by atoms with E-state index in [-0.39, 0.29) is 30.9 Å². The second-order valence-corrected chi connectivity index (χ2v) is 8.37. The first-order valence-electron chi connectivity index (χ1n) is 8.71. The van der Waals surface area contributed by atoms with Crippen LogP contribution in [0.25, 0.3) is 0 Å². The fraction of sp³-hybridized carbons (Fsp3) is 0.368. The molecular formula is C19H21Cl2N3O2S. The third-order valence-corrected chi connectivity index (χ3v) is 6.09. The molecule has 2 heterocycles. The van der Waals surface area contributed by atoms with E-state index in [1.54, 1.807) is 41.5 Å². The standard InChI is InChI=1S/C19H21Cl2N3O2S/c1-23(11-17(25)22-19-13(20)5-2-6-14(19)21)12-18(26)24-9-3-7-15(24)16-8-4-10-27-16/h2,4-6,8,10,15H,3,7,9,11-12H2,1H3,(H,22,25). The van der Waals surface area contributed by atoms with E-state index < -0.39 is 0 Å². The van der Waals surface area contributed by atoms with E-state index in [0.29, 0.717) is 15.7 Å². The van der Waals surface area contributed by atoms with Crippen LogP contribution in [0.1, 0.15) is 23.8 Å². The largest absolute Gasteiger partial charge is 0.334 e. The van der Waals surface area contributed by atoms with Crippen molar-refractivity contribution in [3.63, 3.8) is 0 Å². The molecule has 5 nitrogen and oxygen atoms in total. The third-order valence-electron chi connectivity index (χ3n) is 4.49. The van der Waals surface area contributed by atoms with Crippen molar-refractivity contribution >= 4 is 52.0 Å². The monoisotopic (exact) mass is 425 g/mol. The fourth-order valence-corrected chi connectivity index (χ4v) is 4.63. The fourth-order valence-electron chi connectivity index (χ4n) is 3.26. The van der Waals surface area contributed by atoms with Crippen molar-refractivity contribution < 1.29 is 9.59 Å². The van der Waals surface area contributed by atoms with E-state index >= 15 is 0 Å². The number of para-hydroxylation sites is 1. The predicted octanol–water partition coefficient (Wildman–Crippen LogP) is 4.29. The SMILES string of the molecule is CN(CC(=O)Nc1c(Cl)cccc1Cl)CC(=O)N1CCCC1c1cccs1. The summed E-state index contributed by atoms with van der Waals surface area (Å²) in [5.74, 6) is -0.228. The smallest absolute Gasteiger partial charge is 0.238 e. The van der Waals surface area contributed by atoms with Gasteiger partial charge in [0.05, 0.1) is 34.9 Å². The number of carbonyl (C=O) groups is 2. The lowest BCUT2D eigenvalue weighted by Gasteiger charge is -2.26. The Balaban J connectivity index is 1.55. The Hall–Kier alpha value is -1.60. The summed E-state index contributed by atoms with van der Waals surface area (Å²) in [4.78, 5) is 29.9. The average Bonchev–Trinajstić information content (AvgIpc) is 3.28. The van der Waals surface area contributed by atoms with E-state index in [4.69, 9.17) is 23.2 Å². The highest BCUT2D eigenvalue weighted by molar-refractivity contribution is 7.10. The Morgan fingerprint density at radius 2 is 1.96 bits per heavy atom. The Morgan fingerprint density at radius 3 is 2.63 bits per heavy atom. The van der Waals surface area contributed by atoms with Crippen LogP contribution in [-0.2, 0) is 9.59 Å². The van der Waals surface area contributed by atoms with Gasteiger partial charge >= 0.3 is 0 Å². The summed E-state index contributed by atoms with van der Waals surface area (Å²) in [7, 11) is 1.75. The van der Waals surface area contributed by atoms with Crippen molar-refractivity contribution in [2.45, 2.75) is 18.9 Å². The molecule has 0 saturated carbocycles. The number of rotatable bonds is 6. The molecule has 27 heavy (non-hydrogen) atoms. The number of nitrogens with zero attached hydrogens (tertiary/aromatic N) is 2. The predicted molar refractivity (Wildman–Crippen MR) is 111 cm³/mol. The highest BCUT2D eigenvalue weighted by atomic mass is 35.5. The number of carbonyl (C=O) groups excluding carboxylic acids is 2. The van der Waals surface area contributed by atoms with E-state index in [0.717, 1.165) is 19.4 Å². The molecule has 1 aromatic heterocycles. The van der Waals surface area contributed by atoms with Gasteiger partial charge in [-0.2, -0.15) is 0 Å². The maximum Gasteiger partial charge on any atom is 0.238 e. The molecule has 1 aliphatic rings. The number of hydrogen-bond donors (Lipinski definition) is 1. The number of hydrogen-bond acceptors (Lipinski definition) is 4. The zero-order valence-electron chi connectivity index (χ0n) is 15.0. The second kappa shape index (κ2) is 9.06. The minimum absolute atomic E-state index is 0.0389. The molecule has 0 radical (unpaired) electrons. The molecule has 0 spiro atoms. The molecule has 0 aliphatic carbocycles. The van der Waals surface area contributed by atoms with Gasteiger partial charge in [-0.1, -0.05) is 35.3 Å². The number of amides is 2. The van der Waals surface area contributed by atoms with Gasteiger partial charge in [0.1, 0.15) is 0 Å². The summed E-state index contributed by atoms with van der Waals surface area (Å²) < 4.78 is 0. The molecule has 2 aromatic rings. The maximum absolute atomic E-state index is 12.7. The molecule has 1 aliphatic heterocycles. The molecule has 2 amide bonds. The van der Waals surface area contributed by atoms with Gasteiger partial charge in [0.2, 0.25) is 11.8 Å². The molecule has 1 saturated heterocycles. The first-order valence-corrected chi connectivity index (χ1v) is 10.3. The number of halogens is 2. The summed E-state index contributed by atoms with van der Waals surface area (Å²) in [6.07, 6.45) is 1.99. The van der Waals surface area contributed by atoms with Gasteiger partial charge in [0.25, 0.3) is 0 Å². The summed E-state index contributed by atoms with van der Waals surface area (Å²) in [5.41, 5.74) is 0.392. The Labute approximate surface area is 172 Å². The van der Waals surface area contributed by atoms with Crippen LogP contribution in [0.5, 0.6) is 0 Å². The number of thiophene rings is 1. The van der Waals surface area contributed by atoms with Gasteiger partial charge in [-0.25, -0.2) is 0 Å². The lowest BCUT2D eigenvalue weighted by Crippen LogP contribution is -2.41. The number of benzene rings is 1. The lowest BCUT2D eigenvalue weighted by molar-refractivity contribution is -0.133. The van der Waals surface area contributed by atoms with Crippen molar-refractivity contribution in [2.24, 2.45) is 0 Å². The molecule has 1 unspecified atom stereocenters. The van der Waals surface area contributed by atoms with Crippen molar-refractivity contribution in [2.75, 3.05) is 32.0 Å². The lowest BCUT2D eigenvalue weighted by atomic mass is 10.2. The number of likely N-dealkylation sites (N-methyl/N-ethyl adjacent to an activating group) is 1. The van der Waals surface area contributed by atoms with Crippen molar-refractivity contribution in [1.82, 2.24) is 9.80 Å². The minimum atomic E-state index is -0.267. The van der Waals surface area contributed by atoms with Crippen LogP contribution in [0, 0.1) is 0 Å². The Kier molecular flexibility index (Phi) is 6.76. The van der Waals surface area contributed by atoms with Crippen molar-refractivity contribution in [1.29, 1.82) is 0 Å². The summed E-state index contributed by atoms with van der Waals surface area (Å²) in [6, 6.07) is 9.28. The van der Waals surface area contributed by atoms with Crippen LogP contribution in [0.4, 0.5) is 5.69 Å². The van der Waals surface area contributed by atoms with Gasteiger partial charge < -0.3 is 10.2 Å². The summed E-state index contributed by atoms with van der Waals surface area (Å²) >= 11 is 13.8. The third kappa shape index (κ3) is 5.02. The van der Waals surface area contributed by atoms with Gasteiger partial charge in [-0.3, -0.25) is 14.5 Å². The molecule has 1 N–H and O–H groups in total. The Morgan fingerprint density at radius 1 is 1.22 bits per heavy atom. The topological polar surface area (TPSA) is 52.7 Å². The zero-order chi connectivity index (χ0) is 19.4. The van der Waals surface area contributed by atoms with Crippen molar-refractivity contribution in [3.05, 3.63) is 50.6 Å². The number of likely N-dealkylation sites (tertiary alicyclic amines) is 1. The highest BCUT2D eigenvalue weighted by Gasteiger charge is 2.31. The van der Waals surface area contributed by atoms with Crippen LogP contribution in [0.2, 0.25) is 10.0 Å². The first kappa shape index (κ1) is 20.1. The average molecular weight is 426 g/mol. The second-order valence-electron chi connectivity index (χ2n) is 6.58.